The van der Waals surface area contributed by atoms with Gasteiger partial charge in [0.15, 0.2) is 11.5 Å². The second-order valence-electron chi connectivity index (χ2n) is 6.72. The highest BCUT2D eigenvalue weighted by atomic mass is 16.7. The molecule has 2 aromatic carbocycles. The second-order valence-corrected chi connectivity index (χ2v) is 6.72. The Labute approximate surface area is 169 Å². The van der Waals surface area contributed by atoms with Crippen LogP contribution in [0.4, 0.5) is 11.6 Å². The molecule has 0 unspecified atom stereocenters. The van der Waals surface area contributed by atoms with Crippen LogP contribution in [-0.4, -0.2) is 29.2 Å². The second kappa shape index (κ2) is 8.18. The van der Waals surface area contributed by atoms with Gasteiger partial charge < -0.3 is 19.7 Å². The van der Waals surface area contributed by atoms with Gasteiger partial charge in [0.25, 0.3) is 5.91 Å². The predicted molar refractivity (Wildman–Crippen MR) is 110 cm³/mol. The summed E-state index contributed by atoms with van der Waals surface area (Å²) in [5, 5.41) is 2.87. The molecule has 0 bridgehead atoms. The van der Waals surface area contributed by atoms with E-state index in [2.05, 4.69) is 27.4 Å². The summed E-state index contributed by atoms with van der Waals surface area (Å²) in [4.78, 5) is 23.9. The summed E-state index contributed by atoms with van der Waals surface area (Å²) in [6, 6.07) is 17.1. The van der Waals surface area contributed by atoms with E-state index in [1.165, 1.54) is 0 Å². The van der Waals surface area contributed by atoms with E-state index < -0.39 is 0 Å². The van der Waals surface area contributed by atoms with Crippen LogP contribution in [0.5, 0.6) is 11.5 Å². The first-order valence-electron chi connectivity index (χ1n) is 9.48. The normalized spacial score (nSPS) is 11.9. The van der Waals surface area contributed by atoms with Crippen LogP contribution < -0.4 is 19.7 Å². The molecule has 148 valence electrons. The van der Waals surface area contributed by atoms with Crippen LogP contribution in [0.3, 0.4) is 0 Å². The molecule has 0 atom stereocenters. The lowest BCUT2D eigenvalue weighted by Crippen LogP contribution is -2.26. The Morgan fingerprint density at radius 2 is 1.86 bits per heavy atom. The first-order valence-corrected chi connectivity index (χ1v) is 9.48. The zero-order valence-corrected chi connectivity index (χ0v) is 16.4. The highest BCUT2D eigenvalue weighted by molar-refractivity contribution is 6.03. The lowest BCUT2D eigenvalue weighted by molar-refractivity contribution is 0.102. The summed E-state index contributed by atoms with van der Waals surface area (Å²) < 4.78 is 10.7. The fourth-order valence-electron chi connectivity index (χ4n) is 3.11. The van der Waals surface area contributed by atoms with Gasteiger partial charge >= 0.3 is 0 Å². The van der Waals surface area contributed by atoms with E-state index in [-0.39, 0.29) is 12.7 Å². The summed E-state index contributed by atoms with van der Waals surface area (Å²) in [6.07, 6.45) is 0. The maximum absolute atomic E-state index is 12.8. The molecule has 0 fully saturated rings. The van der Waals surface area contributed by atoms with Gasteiger partial charge in [-0.15, -0.1) is 0 Å². The largest absolute Gasteiger partial charge is 0.454 e. The molecule has 1 aliphatic heterocycles. The Hall–Kier alpha value is -3.61. The lowest BCUT2D eigenvalue weighted by Gasteiger charge is -2.21. The van der Waals surface area contributed by atoms with E-state index in [0.29, 0.717) is 35.4 Å². The maximum Gasteiger partial charge on any atom is 0.274 e. The van der Waals surface area contributed by atoms with Gasteiger partial charge in [-0.25, -0.2) is 9.97 Å². The zero-order chi connectivity index (χ0) is 20.2. The van der Waals surface area contributed by atoms with Gasteiger partial charge in [-0.2, -0.15) is 0 Å². The molecule has 0 saturated carbocycles. The molecule has 0 radical (unpaired) electrons. The number of nitrogens with one attached hydrogen (secondary N) is 1. The zero-order valence-electron chi connectivity index (χ0n) is 16.4. The van der Waals surface area contributed by atoms with Gasteiger partial charge in [-0.1, -0.05) is 30.3 Å². The maximum atomic E-state index is 12.8. The minimum absolute atomic E-state index is 0.190. The van der Waals surface area contributed by atoms with Crippen LogP contribution in [0.15, 0.2) is 54.6 Å². The minimum atomic E-state index is -0.300. The van der Waals surface area contributed by atoms with Gasteiger partial charge in [-0.05, 0) is 37.6 Å². The third-order valence-corrected chi connectivity index (χ3v) is 4.59. The van der Waals surface area contributed by atoms with E-state index in [1.807, 2.05) is 36.9 Å². The summed E-state index contributed by atoms with van der Waals surface area (Å²) in [5.41, 5.74) is 2.83. The minimum Gasteiger partial charge on any atom is -0.454 e. The van der Waals surface area contributed by atoms with Gasteiger partial charge in [0.1, 0.15) is 5.69 Å². The Balaban J connectivity index is 1.54. The van der Waals surface area contributed by atoms with Crippen molar-refractivity contribution in [2.45, 2.75) is 20.4 Å². The molecule has 4 rings (SSSR count). The van der Waals surface area contributed by atoms with Crippen LogP contribution in [0, 0.1) is 6.92 Å². The Bertz CT molecular complexity index is 1020. The van der Waals surface area contributed by atoms with Crippen LogP contribution in [0.1, 0.15) is 28.7 Å². The summed E-state index contributed by atoms with van der Waals surface area (Å²) in [6.45, 7) is 5.49. The topological polar surface area (TPSA) is 76.6 Å². The van der Waals surface area contributed by atoms with Gasteiger partial charge in [0, 0.05) is 30.5 Å². The standard InChI is InChI=1S/C22H22N4O3/c1-3-26(13-16-7-5-4-6-8-16)22-23-15(2)11-18(25-22)21(27)24-17-9-10-19-20(12-17)29-14-28-19/h4-12H,3,13-14H2,1-2H3,(H,24,27). The number of carbonyl (C=O) groups is 1. The molecule has 1 aromatic heterocycles. The first kappa shape index (κ1) is 18.7. The van der Waals surface area contributed by atoms with Crippen molar-refractivity contribution in [1.82, 2.24) is 9.97 Å². The fraction of sp³-hybridized carbons (Fsp3) is 0.227. The van der Waals surface area contributed by atoms with Crippen molar-refractivity contribution in [2.75, 3.05) is 23.6 Å². The number of hydrogen-bond acceptors (Lipinski definition) is 6. The highest BCUT2D eigenvalue weighted by Crippen LogP contribution is 2.34. The number of aryl methyl sites for hydroxylation is 1. The Morgan fingerprint density at radius 3 is 2.66 bits per heavy atom. The summed E-state index contributed by atoms with van der Waals surface area (Å²) in [7, 11) is 0. The molecule has 3 aromatic rings. The number of amides is 1. The Kier molecular flexibility index (Phi) is 5.29. The molecule has 0 aliphatic carbocycles. The van der Waals surface area contributed by atoms with E-state index in [9.17, 15) is 4.79 Å². The van der Waals surface area contributed by atoms with Gasteiger partial charge in [-0.3, -0.25) is 4.79 Å². The van der Waals surface area contributed by atoms with Crippen molar-refractivity contribution in [2.24, 2.45) is 0 Å². The third kappa shape index (κ3) is 4.29. The van der Waals surface area contributed by atoms with Crippen molar-refractivity contribution in [3.8, 4) is 11.5 Å². The molecule has 7 nitrogen and oxygen atoms in total. The molecule has 7 heteroatoms. The summed E-state index contributed by atoms with van der Waals surface area (Å²) in [5.74, 6) is 1.52. The van der Waals surface area contributed by atoms with Gasteiger partial charge in [0.05, 0.1) is 0 Å². The number of nitrogens with zero attached hydrogens (tertiary/aromatic N) is 3. The van der Waals surface area contributed by atoms with E-state index in [4.69, 9.17) is 9.47 Å². The van der Waals surface area contributed by atoms with E-state index in [1.54, 1.807) is 24.3 Å². The number of anilines is 2. The van der Waals surface area contributed by atoms with Crippen molar-refractivity contribution in [1.29, 1.82) is 0 Å². The monoisotopic (exact) mass is 390 g/mol. The number of benzene rings is 2. The Morgan fingerprint density at radius 1 is 1.07 bits per heavy atom. The van der Waals surface area contributed by atoms with Crippen LogP contribution in [0.2, 0.25) is 0 Å². The van der Waals surface area contributed by atoms with Crippen LogP contribution in [-0.2, 0) is 6.54 Å². The van der Waals surface area contributed by atoms with Crippen molar-refractivity contribution in [3.63, 3.8) is 0 Å². The molecule has 29 heavy (non-hydrogen) atoms. The highest BCUT2D eigenvalue weighted by Gasteiger charge is 2.17. The first-order chi connectivity index (χ1) is 14.1. The van der Waals surface area contributed by atoms with Gasteiger partial charge in [0.2, 0.25) is 12.7 Å². The number of fused-ring (bicyclic) bond motifs is 1. The lowest BCUT2D eigenvalue weighted by atomic mass is 10.2. The third-order valence-electron chi connectivity index (χ3n) is 4.59. The van der Waals surface area contributed by atoms with Crippen molar-refractivity contribution < 1.29 is 14.3 Å². The molecule has 1 N–H and O–H groups in total. The smallest absolute Gasteiger partial charge is 0.274 e. The van der Waals surface area contributed by atoms with E-state index in [0.717, 1.165) is 17.8 Å². The molecular formula is C22H22N4O3. The molecule has 2 heterocycles. The number of rotatable bonds is 6. The van der Waals surface area contributed by atoms with Crippen LogP contribution >= 0.6 is 0 Å². The predicted octanol–water partition coefficient (Wildman–Crippen LogP) is 3.79. The quantitative estimate of drug-likeness (QED) is 0.690. The molecule has 1 aliphatic rings. The fourth-order valence-corrected chi connectivity index (χ4v) is 3.11. The molecule has 1 amide bonds. The average Bonchev–Trinajstić information content (AvgIpc) is 3.20. The average molecular weight is 390 g/mol. The number of carbonyl (C=O) groups excluding carboxylic acids is 1. The molecule has 0 spiro atoms. The van der Waals surface area contributed by atoms with Crippen LogP contribution in [0.25, 0.3) is 0 Å². The molecular weight excluding hydrogens is 368 g/mol. The number of aromatic nitrogens is 2. The van der Waals surface area contributed by atoms with Crippen molar-refractivity contribution >= 4 is 17.5 Å². The molecule has 0 saturated heterocycles. The SMILES string of the molecule is CCN(Cc1ccccc1)c1nc(C)cc(C(=O)Nc2ccc3c(c2)OCO3)n1. The van der Waals surface area contributed by atoms with E-state index >= 15 is 0 Å². The summed E-state index contributed by atoms with van der Waals surface area (Å²) >= 11 is 0. The van der Waals surface area contributed by atoms with Crippen molar-refractivity contribution in [3.05, 3.63) is 71.5 Å². The number of hydrogen-bond donors (Lipinski definition) is 1. The number of ether oxygens (including phenoxy) is 2.